The Kier molecular flexibility index (Phi) is 5.65. The molecule has 2 heterocycles. The second-order valence-electron chi connectivity index (χ2n) is 4.84. The minimum Gasteiger partial charge on any atom is -0.467 e. The van der Waals surface area contributed by atoms with Crippen LogP contribution in [0.4, 0.5) is 4.39 Å². The summed E-state index contributed by atoms with van der Waals surface area (Å²) in [4.78, 5) is 2.19. The largest absolute Gasteiger partial charge is 0.467 e. The van der Waals surface area contributed by atoms with E-state index in [-0.39, 0.29) is 24.3 Å². The Morgan fingerprint density at radius 2 is 1.95 bits per heavy atom. The maximum Gasteiger partial charge on any atom is 0.129 e. The van der Waals surface area contributed by atoms with Crippen LogP contribution in [-0.4, -0.2) is 31.1 Å². The first-order valence-electron chi connectivity index (χ1n) is 6.69. The molecule has 0 aliphatic carbocycles. The first-order chi connectivity index (χ1) is 9.77. The Bertz CT molecular complexity index is 551. The van der Waals surface area contributed by atoms with Gasteiger partial charge in [-0.3, -0.25) is 4.90 Å². The fraction of sp³-hybridized carbons (Fsp3) is 0.333. The first-order valence-corrected chi connectivity index (χ1v) is 7.07. The van der Waals surface area contributed by atoms with E-state index in [1.165, 1.54) is 6.07 Å². The highest BCUT2D eigenvalue weighted by Gasteiger charge is 2.30. The molecule has 2 aromatic rings. The summed E-state index contributed by atoms with van der Waals surface area (Å²) in [6.45, 7) is 3.42. The van der Waals surface area contributed by atoms with Crippen LogP contribution < -0.4 is 5.32 Å². The van der Waals surface area contributed by atoms with Gasteiger partial charge in [-0.2, -0.15) is 0 Å². The van der Waals surface area contributed by atoms with Crippen LogP contribution in [0.1, 0.15) is 17.4 Å². The van der Waals surface area contributed by atoms with Gasteiger partial charge in [-0.15, -0.1) is 12.4 Å². The average Bonchev–Trinajstić information content (AvgIpc) is 2.98. The van der Waals surface area contributed by atoms with Gasteiger partial charge in [-0.25, -0.2) is 4.39 Å². The van der Waals surface area contributed by atoms with Gasteiger partial charge in [0.1, 0.15) is 11.6 Å². The highest BCUT2D eigenvalue weighted by atomic mass is 35.5. The number of benzene rings is 1. The monoisotopic (exact) mass is 330 g/mol. The molecule has 6 heteroatoms. The summed E-state index contributed by atoms with van der Waals surface area (Å²) >= 11 is 6.24. The van der Waals surface area contributed by atoms with E-state index in [0.29, 0.717) is 10.6 Å². The molecule has 3 rings (SSSR count). The number of piperazine rings is 1. The quantitative estimate of drug-likeness (QED) is 0.933. The van der Waals surface area contributed by atoms with Crippen molar-refractivity contribution in [1.82, 2.24) is 10.2 Å². The van der Waals surface area contributed by atoms with Gasteiger partial charge in [0.25, 0.3) is 0 Å². The number of hydrogen-bond acceptors (Lipinski definition) is 3. The lowest BCUT2D eigenvalue weighted by Gasteiger charge is -2.34. The molecule has 0 unspecified atom stereocenters. The van der Waals surface area contributed by atoms with Crippen LogP contribution in [0.3, 0.4) is 0 Å². The summed E-state index contributed by atoms with van der Waals surface area (Å²) in [6, 6.07) is 8.20. The van der Waals surface area contributed by atoms with Crippen LogP contribution in [0.5, 0.6) is 0 Å². The molecule has 1 aromatic carbocycles. The van der Waals surface area contributed by atoms with Gasteiger partial charge in [0.05, 0.1) is 12.3 Å². The van der Waals surface area contributed by atoms with Gasteiger partial charge >= 0.3 is 0 Å². The van der Waals surface area contributed by atoms with E-state index in [1.54, 1.807) is 18.4 Å². The van der Waals surface area contributed by atoms with E-state index in [9.17, 15) is 4.39 Å². The van der Waals surface area contributed by atoms with Crippen molar-refractivity contribution in [3.05, 3.63) is 58.8 Å². The van der Waals surface area contributed by atoms with Gasteiger partial charge in [-0.05, 0) is 24.3 Å². The maximum atomic E-state index is 14.3. The summed E-state index contributed by atoms with van der Waals surface area (Å²) < 4.78 is 19.8. The highest BCUT2D eigenvalue weighted by Crippen LogP contribution is 2.35. The lowest BCUT2D eigenvalue weighted by Crippen LogP contribution is -2.45. The number of furan rings is 1. The highest BCUT2D eigenvalue weighted by molar-refractivity contribution is 6.31. The number of nitrogens with one attached hydrogen (secondary N) is 1. The Morgan fingerprint density at radius 3 is 2.57 bits per heavy atom. The fourth-order valence-electron chi connectivity index (χ4n) is 2.66. The molecule has 0 saturated carbocycles. The Hall–Kier alpha value is -1.07. The van der Waals surface area contributed by atoms with Crippen molar-refractivity contribution in [3.8, 4) is 0 Å². The second kappa shape index (κ2) is 7.27. The predicted molar refractivity (Wildman–Crippen MR) is 83.7 cm³/mol. The molecule has 1 aliphatic heterocycles. The third-order valence-corrected chi connectivity index (χ3v) is 3.93. The van der Waals surface area contributed by atoms with E-state index < -0.39 is 0 Å². The van der Waals surface area contributed by atoms with Gasteiger partial charge in [0, 0.05) is 36.8 Å². The van der Waals surface area contributed by atoms with Crippen LogP contribution in [-0.2, 0) is 0 Å². The average molecular weight is 331 g/mol. The van der Waals surface area contributed by atoms with Gasteiger partial charge in [0.15, 0.2) is 0 Å². The van der Waals surface area contributed by atoms with Gasteiger partial charge in [-0.1, -0.05) is 17.7 Å². The summed E-state index contributed by atoms with van der Waals surface area (Å²) in [6.07, 6.45) is 1.61. The van der Waals surface area contributed by atoms with Crippen molar-refractivity contribution in [2.45, 2.75) is 6.04 Å². The number of hydrogen-bond donors (Lipinski definition) is 1. The van der Waals surface area contributed by atoms with Crippen molar-refractivity contribution in [2.75, 3.05) is 26.2 Å². The summed E-state index contributed by atoms with van der Waals surface area (Å²) in [7, 11) is 0. The number of rotatable bonds is 3. The summed E-state index contributed by atoms with van der Waals surface area (Å²) in [5, 5.41) is 3.73. The number of nitrogens with zero attached hydrogens (tertiary/aromatic N) is 1. The molecule has 0 spiro atoms. The molecule has 1 aliphatic rings. The van der Waals surface area contributed by atoms with E-state index in [4.69, 9.17) is 16.0 Å². The zero-order valence-electron chi connectivity index (χ0n) is 11.4. The van der Waals surface area contributed by atoms with E-state index in [2.05, 4.69) is 10.2 Å². The second-order valence-corrected chi connectivity index (χ2v) is 5.25. The Balaban J connectivity index is 0.00000161. The lowest BCUT2D eigenvalue weighted by atomic mass is 10.0. The molecule has 1 aromatic heterocycles. The van der Waals surface area contributed by atoms with E-state index in [1.807, 2.05) is 12.1 Å². The lowest BCUT2D eigenvalue weighted by molar-refractivity contribution is 0.177. The van der Waals surface area contributed by atoms with Crippen molar-refractivity contribution >= 4 is 24.0 Å². The zero-order valence-corrected chi connectivity index (χ0v) is 13.0. The molecule has 3 nitrogen and oxygen atoms in total. The van der Waals surface area contributed by atoms with Crippen LogP contribution in [0.2, 0.25) is 5.02 Å². The summed E-state index contributed by atoms with van der Waals surface area (Å²) in [5.74, 6) is 0.427. The minimum absolute atomic E-state index is 0. The van der Waals surface area contributed by atoms with Crippen LogP contribution in [0.15, 0.2) is 41.0 Å². The molecule has 1 N–H and O–H groups in total. The first kappa shape index (κ1) is 16.3. The molecule has 1 atom stereocenters. The predicted octanol–water partition coefficient (Wildman–Crippen LogP) is 3.49. The van der Waals surface area contributed by atoms with Crippen molar-refractivity contribution < 1.29 is 8.81 Å². The normalized spacial score (nSPS) is 17.2. The third-order valence-electron chi connectivity index (χ3n) is 3.60. The topological polar surface area (TPSA) is 28.4 Å². The Morgan fingerprint density at radius 1 is 1.19 bits per heavy atom. The standard InChI is InChI=1S/C15H16ClFN2O.ClH/c16-11-3-1-4-12(17)14(11)15(13-5-2-10-20-13)19-8-6-18-7-9-19;/h1-5,10,15,18H,6-9H2;1H/t15-;/m0./s1. The van der Waals surface area contributed by atoms with E-state index in [0.717, 1.165) is 31.9 Å². The molecule has 0 radical (unpaired) electrons. The van der Waals surface area contributed by atoms with Crippen molar-refractivity contribution in [1.29, 1.82) is 0 Å². The molecule has 1 saturated heterocycles. The van der Waals surface area contributed by atoms with Crippen LogP contribution >= 0.6 is 24.0 Å². The molecular weight excluding hydrogens is 314 g/mol. The summed E-state index contributed by atoms with van der Waals surface area (Å²) in [5.41, 5.74) is 0.492. The van der Waals surface area contributed by atoms with Crippen molar-refractivity contribution in [2.24, 2.45) is 0 Å². The van der Waals surface area contributed by atoms with Gasteiger partial charge in [0.2, 0.25) is 0 Å². The third kappa shape index (κ3) is 3.40. The van der Waals surface area contributed by atoms with Crippen LogP contribution in [0.25, 0.3) is 0 Å². The number of halogens is 3. The Labute approximate surface area is 134 Å². The fourth-order valence-corrected chi connectivity index (χ4v) is 2.93. The zero-order chi connectivity index (χ0) is 13.9. The SMILES string of the molecule is Cl.Fc1cccc(Cl)c1[C@H](c1ccco1)N1CCNCC1. The molecule has 114 valence electrons. The van der Waals surface area contributed by atoms with Gasteiger partial charge < -0.3 is 9.73 Å². The smallest absolute Gasteiger partial charge is 0.129 e. The van der Waals surface area contributed by atoms with Crippen molar-refractivity contribution in [3.63, 3.8) is 0 Å². The van der Waals surface area contributed by atoms with Crippen LogP contribution in [0, 0.1) is 5.82 Å². The molecule has 0 bridgehead atoms. The van der Waals surface area contributed by atoms with E-state index >= 15 is 0 Å². The molecule has 0 amide bonds. The maximum absolute atomic E-state index is 14.3. The minimum atomic E-state index is -0.294. The molecule has 21 heavy (non-hydrogen) atoms. The molecular formula is C15H17Cl2FN2O. The molecule has 1 fully saturated rings.